The summed E-state index contributed by atoms with van der Waals surface area (Å²) in [5, 5.41) is 3.53. The Morgan fingerprint density at radius 1 is 1.24 bits per heavy atom. The van der Waals surface area contributed by atoms with Gasteiger partial charge in [0, 0.05) is 23.0 Å². The van der Waals surface area contributed by atoms with Gasteiger partial charge in [-0.15, -0.1) is 11.3 Å². The maximum Gasteiger partial charge on any atom is 0.350 e. The van der Waals surface area contributed by atoms with E-state index in [-0.39, 0.29) is 31.3 Å². The number of rotatable bonds is 6. The monoisotopic (exact) mass is 436 g/mol. The molecule has 0 bridgehead atoms. The molecule has 0 aliphatic carbocycles. The minimum atomic E-state index is -0.443. The Morgan fingerprint density at radius 2 is 1.90 bits per heavy atom. The van der Waals surface area contributed by atoms with Gasteiger partial charge < -0.3 is 14.8 Å². The van der Waals surface area contributed by atoms with Gasteiger partial charge in [-0.3, -0.25) is 9.69 Å². The van der Waals surface area contributed by atoms with Crippen LogP contribution in [-0.4, -0.2) is 55.2 Å². The number of benzene rings is 1. The largest absolute Gasteiger partial charge is 0.462 e. The lowest BCUT2D eigenvalue weighted by atomic mass is 10.2. The van der Waals surface area contributed by atoms with E-state index < -0.39 is 5.97 Å². The molecule has 1 aliphatic heterocycles. The summed E-state index contributed by atoms with van der Waals surface area (Å²) in [7, 11) is 0. The quantitative estimate of drug-likeness (QED) is 0.684. The predicted molar refractivity (Wildman–Crippen MR) is 116 cm³/mol. The number of hydrogen-bond donors (Lipinski definition) is 1. The van der Waals surface area contributed by atoms with Gasteiger partial charge >= 0.3 is 5.97 Å². The first-order valence-corrected chi connectivity index (χ1v) is 10.8. The Balaban J connectivity index is 1.78. The number of anilines is 1. The lowest BCUT2D eigenvalue weighted by Crippen LogP contribution is -2.48. The second kappa shape index (κ2) is 9.71. The SMILES string of the molecule is CCOC(=O)c1sc(-c2ccc(Cl)cc2)cc1NC(=O)CN1C[C@H](C)O[C@@H](C)C1. The van der Waals surface area contributed by atoms with Crippen LogP contribution in [0.2, 0.25) is 5.02 Å². The number of nitrogens with zero attached hydrogens (tertiary/aromatic N) is 1. The van der Waals surface area contributed by atoms with Crippen LogP contribution in [0.1, 0.15) is 30.4 Å². The van der Waals surface area contributed by atoms with E-state index in [4.69, 9.17) is 21.1 Å². The van der Waals surface area contributed by atoms with Crippen molar-refractivity contribution in [3.8, 4) is 10.4 Å². The van der Waals surface area contributed by atoms with E-state index in [9.17, 15) is 9.59 Å². The highest BCUT2D eigenvalue weighted by Gasteiger charge is 2.25. The third-order valence-electron chi connectivity index (χ3n) is 4.46. The van der Waals surface area contributed by atoms with E-state index in [2.05, 4.69) is 10.2 Å². The van der Waals surface area contributed by atoms with Gasteiger partial charge in [-0.05, 0) is 44.5 Å². The van der Waals surface area contributed by atoms with Crippen molar-refractivity contribution in [3.63, 3.8) is 0 Å². The summed E-state index contributed by atoms with van der Waals surface area (Å²) >= 11 is 7.26. The van der Waals surface area contributed by atoms with E-state index >= 15 is 0 Å². The highest BCUT2D eigenvalue weighted by molar-refractivity contribution is 7.18. The van der Waals surface area contributed by atoms with Crippen molar-refractivity contribution in [2.45, 2.75) is 33.0 Å². The molecule has 0 radical (unpaired) electrons. The second-order valence-corrected chi connectivity index (χ2v) is 8.57. The number of halogens is 1. The van der Waals surface area contributed by atoms with Gasteiger partial charge in [-0.2, -0.15) is 0 Å². The summed E-state index contributed by atoms with van der Waals surface area (Å²) in [6.45, 7) is 7.65. The first-order chi connectivity index (χ1) is 13.9. The van der Waals surface area contributed by atoms with Gasteiger partial charge in [0.2, 0.25) is 5.91 Å². The highest BCUT2D eigenvalue weighted by atomic mass is 35.5. The average molecular weight is 437 g/mol. The molecule has 1 saturated heterocycles. The zero-order valence-corrected chi connectivity index (χ0v) is 18.3. The summed E-state index contributed by atoms with van der Waals surface area (Å²) in [6, 6.07) is 9.15. The van der Waals surface area contributed by atoms with Crippen molar-refractivity contribution in [1.29, 1.82) is 0 Å². The molecule has 2 aromatic rings. The molecule has 8 heteroatoms. The van der Waals surface area contributed by atoms with Crippen LogP contribution in [0.4, 0.5) is 5.69 Å². The molecule has 6 nitrogen and oxygen atoms in total. The number of thiophene rings is 1. The number of carbonyl (C=O) groups excluding carboxylic acids is 2. The summed E-state index contributed by atoms with van der Waals surface area (Å²) in [5.74, 6) is -0.612. The lowest BCUT2D eigenvalue weighted by Gasteiger charge is -2.34. The number of amides is 1. The van der Waals surface area contributed by atoms with Crippen LogP contribution in [0, 0.1) is 0 Å². The molecule has 1 aliphatic rings. The molecule has 0 unspecified atom stereocenters. The maximum absolute atomic E-state index is 12.7. The Kier molecular flexibility index (Phi) is 7.29. The topological polar surface area (TPSA) is 67.9 Å². The molecule has 0 saturated carbocycles. The highest BCUT2D eigenvalue weighted by Crippen LogP contribution is 2.36. The van der Waals surface area contributed by atoms with Gasteiger partial charge in [-0.25, -0.2) is 4.79 Å². The summed E-state index contributed by atoms with van der Waals surface area (Å²) < 4.78 is 10.9. The summed E-state index contributed by atoms with van der Waals surface area (Å²) in [6.07, 6.45) is 0.165. The molecule has 1 amide bonds. The minimum absolute atomic E-state index is 0.0827. The molecule has 156 valence electrons. The molecule has 29 heavy (non-hydrogen) atoms. The van der Waals surface area contributed by atoms with Crippen molar-refractivity contribution in [2.75, 3.05) is 31.6 Å². The number of nitrogens with one attached hydrogen (secondary N) is 1. The summed E-state index contributed by atoms with van der Waals surface area (Å²) in [4.78, 5) is 28.4. The van der Waals surface area contributed by atoms with Crippen LogP contribution in [0.3, 0.4) is 0 Å². The van der Waals surface area contributed by atoms with Crippen LogP contribution in [0.5, 0.6) is 0 Å². The fourth-order valence-electron chi connectivity index (χ4n) is 3.39. The van der Waals surface area contributed by atoms with Crippen molar-refractivity contribution in [1.82, 2.24) is 4.90 Å². The van der Waals surface area contributed by atoms with Gasteiger partial charge in [0.1, 0.15) is 4.88 Å². The van der Waals surface area contributed by atoms with Gasteiger partial charge in [0.15, 0.2) is 0 Å². The number of ether oxygens (including phenoxy) is 2. The zero-order valence-electron chi connectivity index (χ0n) is 16.7. The van der Waals surface area contributed by atoms with Crippen molar-refractivity contribution in [2.24, 2.45) is 0 Å². The van der Waals surface area contributed by atoms with E-state index in [0.29, 0.717) is 28.7 Å². The van der Waals surface area contributed by atoms with Crippen molar-refractivity contribution < 1.29 is 19.1 Å². The van der Waals surface area contributed by atoms with Crippen molar-refractivity contribution >= 4 is 40.5 Å². The number of carbonyl (C=O) groups is 2. The molecule has 1 N–H and O–H groups in total. The van der Waals surface area contributed by atoms with Crippen LogP contribution in [0.25, 0.3) is 10.4 Å². The maximum atomic E-state index is 12.7. The molecule has 2 atom stereocenters. The fraction of sp³-hybridized carbons (Fsp3) is 0.429. The molecule has 3 rings (SSSR count). The predicted octanol–water partition coefficient (Wildman–Crippen LogP) is 4.29. The molecular formula is C21H25ClN2O4S. The molecule has 1 aromatic heterocycles. The summed E-state index contributed by atoms with van der Waals surface area (Å²) in [5.41, 5.74) is 1.39. The average Bonchev–Trinajstić information content (AvgIpc) is 3.05. The van der Waals surface area contributed by atoms with E-state index in [0.717, 1.165) is 10.4 Å². The lowest BCUT2D eigenvalue weighted by molar-refractivity contribution is -0.121. The Labute approximate surface area is 179 Å². The van der Waals surface area contributed by atoms with Crippen LogP contribution >= 0.6 is 22.9 Å². The smallest absolute Gasteiger partial charge is 0.350 e. The standard InChI is InChI=1S/C21H25ClN2O4S/c1-4-27-21(26)20-17(9-18(29-20)15-5-7-16(22)8-6-15)23-19(25)12-24-10-13(2)28-14(3)11-24/h5-9,13-14H,4,10-12H2,1-3H3,(H,23,25)/t13-,14-/m0/s1. The second-order valence-electron chi connectivity index (χ2n) is 7.08. The van der Waals surface area contributed by atoms with Crippen LogP contribution in [0.15, 0.2) is 30.3 Å². The van der Waals surface area contributed by atoms with E-state index in [1.807, 2.05) is 32.0 Å². The number of morpholine rings is 1. The third kappa shape index (κ3) is 5.79. The number of hydrogen-bond acceptors (Lipinski definition) is 6. The molecular weight excluding hydrogens is 412 g/mol. The Morgan fingerprint density at radius 3 is 2.52 bits per heavy atom. The first kappa shape index (κ1) is 21.8. The van der Waals surface area contributed by atoms with Gasteiger partial charge in [0.25, 0.3) is 0 Å². The molecule has 1 aromatic carbocycles. The molecule has 1 fully saturated rings. The van der Waals surface area contributed by atoms with Crippen LogP contribution in [-0.2, 0) is 14.3 Å². The van der Waals surface area contributed by atoms with Gasteiger partial charge in [0.05, 0.1) is 31.0 Å². The zero-order chi connectivity index (χ0) is 21.0. The van der Waals surface area contributed by atoms with E-state index in [1.165, 1.54) is 11.3 Å². The van der Waals surface area contributed by atoms with Crippen molar-refractivity contribution in [3.05, 3.63) is 40.2 Å². The van der Waals surface area contributed by atoms with Gasteiger partial charge in [-0.1, -0.05) is 23.7 Å². The third-order valence-corrected chi connectivity index (χ3v) is 5.87. The Bertz CT molecular complexity index is 858. The molecule has 2 heterocycles. The number of esters is 1. The normalized spacial score (nSPS) is 19.7. The van der Waals surface area contributed by atoms with Crippen LogP contribution < -0.4 is 5.32 Å². The minimum Gasteiger partial charge on any atom is -0.462 e. The van der Waals surface area contributed by atoms with E-state index in [1.54, 1.807) is 19.1 Å². The first-order valence-electron chi connectivity index (χ1n) is 9.60. The Hall–Kier alpha value is -1.93. The fourth-order valence-corrected chi connectivity index (χ4v) is 4.53. The molecule has 0 spiro atoms.